The molecule has 17 heavy (non-hydrogen) atoms. The summed E-state index contributed by atoms with van der Waals surface area (Å²) in [6.45, 7) is 0.276. The minimum Gasteiger partial charge on any atom is -0.375 e. The molecule has 0 amide bonds. The van der Waals surface area contributed by atoms with E-state index in [0.29, 0.717) is 12.1 Å². The van der Waals surface area contributed by atoms with E-state index in [0.717, 1.165) is 9.35 Å². The number of nitrogens with one attached hydrogen (secondary N) is 1. The second kappa shape index (κ2) is 5.10. The van der Waals surface area contributed by atoms with E-state index in [4.69, 9.17) is 0 Å². The molecule has 6 heteroatoms. The van der Waals surface area contributed by atoms with E-state index >= 15 is 0 Å². The molecule has 0 aliphatic rings. The number of benzene rings is 1. The fourth-order valence-electron chi connectivity index (χ4n) is 1.33. The highest BCUT2D eigenvalue weighted by atomic mass is 79.9. The maximum atomic E-state index is 13.3. The Bertz CT molecular complexity index is 518. The molecule has 0 saturated heterocycles. The molecule has 1 nitrogen and oxygen atoms in total. The van der Waals surface area contributed by atoms with E-state index in [-0.39, 0.29) is 12.2 Å². The summed E-state index contributed by atoms with van der Waals surface area (Å²) < 4.78 is 40.1. The van der Waals surface area contributed by atoms with Gasteiger partial charge in [0.15, 0.2) is 11.6 Å². The van der Waals surface area contributed by atoms with E-state index in [2.05, 4.69) is 21.2 Å². The van der Waals surface area contributed by atoms with Gasteiger partial charge in [-0.25, -0.2) is 13.2 Å². The molecule has 90 valence electrons. The summed E-state index contributed by atoms with van der Waals surface area (Å²) in [5, 5.41) is 4.48. The van der Waals surface area contributed by atoms with Gasteiger partial charge in [0.1, 0.15) is 11.5 Å². The van der Waals surface area contributed by atoms with Crippen LogP contribution >= 0.6 is 27.3 Å². The van der Waals surface area contributed by atoms with Crippen molar-refractivity contribution in [3.05, 3.63) is 50.4 Å². The molecule has 1 aromatic heterocycles. The van der Waals surface area contributed by atoms with Crippen molar-refractivity contribution < 1.29 is 13.2 Å². The molecule has 1 heterocycles. The molecular weight excluding hydrogens is 315 g/mol. The molecule has 0 spiro atoms. The van der Waals surface area contributed by atoms with Gasteiger partial charge in [-0.15, -0.1) is 11.3 Å². The molecule has 2 aromatic rings. The predicted molar refractivity (Wildman–Crippen MR) is 65.7 cm³/mol. The van der Waals surface area contributed by atoms with Gasteiger partial charge in [-0.3, -0.25) is 0 Å². The molecule has 0 bridgehead atoms. The third kappa shape index (κ3) is 2.81. The van der Waals surface area contributed by atoms with Crippen LogP contribution in [0.3, 0.4) is 0 Å². The highest BCUT2D eigenvalue weighted by molar-refractivity contribution is 9.10. The van der Waals surface area contributed by atoms with Crippen LogP contribution in [-0.2, 0) is 6.54 Å². The average molecular weight is 322 g/mol. The third-order valence-electron chi connectivity index (χ3n) is 2.12. The van der Waals surface area contributed by atoms with Gasteiger partial charge in [-0.05, 0) is 27.4 Å². The van der Waals surface area contributed by atoms with Gasteiger partial charge < -0.3 is 5.32 Å². The van der Waals surface area contributed by atoms with E-state index in [1.165, 1.54) is 11.3 Å². The Balaban J connectivity index is 2.17. The average Bonchev–Trinajstić information content (AvgIpc) is 2.62. The van der Waals surface area contributed by atoms with Crippen LogP contribution in [0.4, 0.5) is 18.9 Å². The molecule has 0 aliphatic carbocycles. The van der Waals surface area contributed by atoms with Gasteiger partial charge in [-0.1, -0.05) is 0 Å². The molecule has 0 aliphatic heterocycles. The highest BCUT2D eigenvalue weighted by Gasteiger charge is 2.11. The topological polar surface area (TPSA) is 12.0 Å². The Morgan fingerprint density at radius 2 is 1.82 bits per heavy atom. The largest absolute Gasteiger partial charge is 0.375 e. The highest BCUT2D eigenvalue weighted by Crippen LogP contribution is 2.25. The van der Waals surface area contributed by atoms with Crippen molar-refractivity contribution in [2.75, 3.05) is 5.32 Å². The van der Waals surface area contributed by atoms with Crippen molar-refractivity contribution >= 4 is 33.0 Å². The van der Waals surface area contributed by atoms with Crippen molar-refractivity contribution in [2.24, 2.45) is 0 Å². The molecular formula is C11H7BrF3NS. The van der Waals surface area contributed by atoms with Gasteiger partial charge in [0, 0.05) is 21.5 Å². The lowest BCUT2D eigenvalue weighted by molar-refractivity contribution is 0.547. The van der Waals surface area contributed by atoms with Gasteiger partial charge >= 0.3 is 0 Å². The van der Waals surface area contributed by atoms with Crippen molar-refractivity contribution in [2.45, 2.75) is 6.54 Å². The maximum absolute atomic E-state index is 13.3. The van der Waals surface area contributed by atoms with Crippen LogP contribution in [0.5, 0.6) is 0 Å². The third-order valence-corrected chi connectivity index (χ3v) is 4.05. The lowest BCUT2D eigenvalue weighted by Gasteiger charge is -2.08. The lowest BCUT2D eigenvalue weighted by Crippen LogP contribution is -2.03. The van der Waals surface area contributed by atoms with Crippen LogP contribution in [0.1, 0.15) is 4.88 Å². The van der Waals surface area contributed by atoms with Crippen LogP contribution in [0, 0.1) is 17.5 Å². The van der Waals surface area contributed by atoms with Gasteiger partial charge in [-0.2, -0.15) is 0 Å². The smallest absolute Gasteiger partial charge is 0.152 e. The monoisotopic (exact) mass is 321 g/mol. The van der Waals surface area contributed by atoms with E-state index < -0.39 is 17.5 Å². The Hall–Kier alpha value is -1.01. The summed E-state index contributed by atoms with van der Waals surface area (Å²) in [7, 11) is 0. The minimum absolute atomic E-state index is 0.276. The summed E-state index contributed by atoms with van der Waals surface area (Å²) in [5.74, 6) is -2.80. The minimum atomic E-state index is -0.935. The molecule has 2 rings (SSSR count). The van der Waals surface area contributed by atoms with Gasteiger partial charge in [0.2, 0.25) is 0 Å². The van der Waals surface area contributed by atoms with E-state index in [9.17, 15) is 13.2 Å². The molecule has 0 fully saturated rings. The fourth-order valence-corrected chi connectivity index (χ4v) is 2.76. The zero-order valence-corrected chi connectivity index (χ0v) is 10.8. The van der Waals surface area contributed by atoms with Crippen LogP contribution in [0.15, 0.2) is 28.1 Å². The number of rotatable bonds is 3. The first kappa shape index (κ1) is 12.4. The lowest BCUT2D eigenvalue weighted by atomic mass is 10.2. The van der Waals surface area contributed by atoms with Crippen LogP contribution < -0.4 is 5.32 Å². The first-order chi connectivity index (χ1) is 8.08. The number of thiophene rings is 1. The standard InChI is InChI=1S/C11H7BrF3NS/c12-7-1-2-17-10(7)5-16-11-8(14)3-6(13)4-9(11)15/h1-4,16H,5H2. The quantitative estimate of drug-likeness (QED) is 0.875. The number of hydrogen-bond acceptors (Lipinski definition) is 2. The Labute approximate surface area is 108 Å². The zero-order valence-electron chi connectivity index (χ0n) is 8.44. The van der Waals surface area contributed by atoms with Gasteiger partial charge in [0.25, 0.3) is 0 Å². The SMILES string of the molecule is Fc1cc(F)c(NCc2sccc2Br)c(F)c1. The van der Waals surface area contributed by atoms with Crippen molar-refractivity contribution in [3.8, 4) is 0 Å². The summed E-state index contributed by atoms with van der Waals surface area (Å²) in [5.41, 5.74) is -0.313. The van der Waals surface area contributed by atoms with E-state index in [1.54, 1.807) is 0 Å². The molecule has 0 atom stereocenters. The number of hydrogen-bond donors (Lipinski definition) is 1. The fraction of sp³-hybridized carbons (Fsp3) is 0.0909. The Kier molecular flexibility index (Phi) is 3.73. The molecule has 0 radical (unpaired) electrons. The van der Waals surface area contributed by atoms with Crippen LogP contribution in [-0.4, -0.2) is 0 Å². The first-order valence-corrected chi connectivity index (χ1v) is 6.35. The summed E-state index contributed by atoms with van der Waals surface area (Å²) >= 11 is 4.77. The summed E-state index contributed by atoms with van der Waals surface area (Å²) in [6.07, 6.45) is 0. The molecule has 0 unspecified atom stereocenters. The zero-order chi connectivity index (χ0) is 12.4. The molecule has 0 saturated carbocycles. The maximum Gasteiger partial charge on any atom is 0.152 e. The van der Waals surface area contributed by atoms with Crippen molar-refractivity contribution in [1.29, 1.82) is 0 Å². The van der Waals surface area contributed by atoms with Crippen LogP contribution in [0.2, 0.25) is 0 Å². The predicted octanol–water partition coefficient (Wildman–Crippen LogP) is 4.54. The summed E-state index contributed by atoms with van der Waals surface area (Å²) in [4.78, 5) is 0.910. The second-order valence-electron chi connectivity index (χ2n) is 3.29. The first-order valence-electron chi connectivity index (χ1n) is 4.68. The van der Waals surface area contributed by atoms with Crippen molar-refractivity contribution in [1.82, 2.24) is 0 Å². The summed E-state index contributed by atoms with van der Waals surface area (Å²) in [6, 6.07) is 3.14. The Morgan fingerprint density at radius 1 is 1.18 bits per heavy atom. The van der Waals surface area contributed by atoms with Gasteiger partial charge in [0.05, 0.1) is 6.54 Å². The molecule has 1 aromatic carbocycles. The van der Waals surface area contributed by atoms with E-state index in [1.807, 2.05) is 11.4 Å². The Morgan fingerprint density at radius 3 is 2.35 bits per heavy atom. The number of anilines is 1. The molecule has 1 N–H and O–H groups in total. The normalized spacial score (nSPS) is 10.6. The van der Waals surface area contributed by atoms with Crippen LogP contribution in [0.25, 0.3) is 0 Å². The number of halogens is 4. The second-order valence-corrected chi connectivity index (χ2v) is 5.14. The van der Waals surface area contributed by atoms with Crippen molar-refractivity contribution in [3.63, 3.8) is 0 Å².